The van der Waals surface area contributed by atoms with Crippen LogP contribution in [0.4, 0.5) is 0 Å². The summed E-state index contributed by atoms with van der Waals surface area (Å²) >= 11 is 3.75. The molecule has 0 aromatic heterocycles. The van der Waals surface area contributed by atoms with Crippen LogP contribution in [-0.4, -0.2) is 41.2 Å². The fourth-order valence-corrected chi connectivity index (χ4v) is 2.83. The number of nitrogens with one attached hydrogen (secondary N) is 1. The van der Waals surface area contributed by atoms with E-state index < -0.39 is 0 Å². The highest BCUT2D eigenvalue weighted by Gasteiger charge is 2.23. The van der Waals surface area contributed by atoms with E-state index in [1.165, 1.54) is 11.8 Å². The molecule has 3 nitrogen and oxygen atoms in total. The van der Waals surface area contributed by atoms with Crippen LogP contribution >= 0.6 is 34.6 Å². The first-order valence-electron chi connectivity index (χ1n) is 5.46. The highest BCUT2D eigenvalue weighted by molar-refractivity contribution is 14.1. The Morgan fingerprint density at radius 2 is 2.06 bits per heavy atom. The molecule has 16 heavy (non-hydrogen) atoms. The van der Waals surface area contributed by atoms with Gasteiger partial charge in [-0.05, 0) is 26.6 Å². The van der Waals surface area contributed by atoms with Gasteiger partial charge in [0.2, 0.25) is 0 Å². The predicted octanol–water partition coefficient (Wildman–Crippen LogP) is 2.41. The maximum Gasteiger partial charge on any atom is 0.194 e. The van der Waals surface area contributed by atoms with Crippen LogP contribution in [0.2, 0.25) is 0 Å². The second-order valence-electron chi connectivity index (χ2n) is 5.06. The third-order valence-electron chi connectivity index (χ3n) is 2.07. The van der Waals surface area contributed by atoms with Crippen LogP contribution in [0.1, 0.15) is 20.8 Å². The lowest BCUT2D eigenvalue weighted by molar-refractivity contribution is -0.117. The van der Waals surface area contributed by atoms with Gasteiger partial charge >= 0.3 is 0 Å². The Morgan fingerprint density at radius 1 is 1.50 bits per heavy atom. The minimum absolute atomic E-state index is 0.231. The van der Waals surface area contributed by atoms with Gasteiger partial charge in [0, 0.05) is 40.6 Å². The Kier molecular flexibility index (Phi) is 8.22. The zero-order valence-electron chi connectivity index (χ0n) is 10.8. The fraction of sp³-hybridized carbons (Fsp3) is 0.909. The van der Waals surface area contributed by atoms with E-state index in [0.717, 1.165) is 18.8 Å². The summed E-state index contributed by atoms with van der Waals surface area (Å²) in [6.07, 6.45) is 0. The second-order valence-corrected chi connectivity index (χ2v) is 7.70. The summed E-state index contributed by atoms with van der Waals surface area (Å²) in [4.78, 5) is 11.8. The Balaban J connectivity index is 4.06. The van der Waals surface area contributed by atoms with Gasteiger partial charge in [0.1, 0.15) is 0 Å². The second kappa shape index (κ2) is 7.89. The van der Waals surface area contributed by atoms with E-state index in [2.05, 4.69) is 38.3 Å². The molecule has 1 unspecified atom stereocenters. The third kappa shape index (κ3) is 7.86. The monoisotopic (exact) mass is 358 g/mol. The molecule has 1 N–H and O–H groups in total. The van der Waals surface area contributed by atoms with E-state index in [0.29, 0.717) is 5.92 Å². The Hall–Kier alpha value is 0.670. The molecule has 0 saturated heterocycles. The lowest BCUT2D eigenvalue weighted by Crippen LogP contribution is -2.29. The summed E-state index contributed by atoms with van der Waals surface area (Å²) in [5.41, 5.74) is -0.231. The maximum absolute atomic E-state index is 11.8. The lowest BCUT2D eigenvalue weighted by atomic mass is 10.00. The molecular weight excluding hydrogens is 335 g/mol. The fourth-order valence-electron chi connectivity index (χ4n) is 1.23. The first-order chi connectivity index (χ1) is 7.27. The van der Waals surface area contributed by atoms with Crippen LogP contribution in [0.5, 0.6) is 0 Å². The summed E-state index contributed by atoms with van der Waals surface area (Å²) in [6, 6.07) is 0. The predicted molar refractivity (Wildman–Crippen MR) is 81.0 cm³/mol. The molecule has 0 aliphatic rings. The van der Waals surface area contributed by atoms with Gasteiger partial charge in [0.15, 0.2) is 5.12 Å². The Labute approximate surface area is 118 Å². The van der Waals surface area contributed by atoms with E-state index >= 15 is 0 Å². The van der Waals surface area contributed by atoms with Crippen molar-refractivity contribution in [1.29, 1.82) is 0 Å². The van der Waals surface area contributed by atoms with Crippen molar-refractivity contribution in [1.82, 2.24) is 8.43 Å². The number of thioether (sulfide) groups is 1. The van der Waals surface area contributed by atoms with Gasteiger partial charge in [0.05, 0.1) is 0 Å². The van der Waals surface area contributed by atoms with Crippen molar-refractivity contribution in [2.24, 2.45) is 11.3 Å². The van der Waals surface area contributed by atoms with Crippen molar-refractivity contribution in [2.45, 2.75) is 20.8 Å². The molecule has 0 bridgehead atoms. The topological polar surface area (TPSA) is 32.3 Å². The highest BCUT2D eigenvalue weighted by atomic mass is 127. The van der Waals surface area contributed by atoms with Crippen molar-refractivity contribution < 1.29 is 4.79 Å². The average Bonchev–Trinajstić information content (AvgIpc) is 2.11. The third-order valence-corrected chi connectivity index (χ3v) is 3.97. The molecule has 0 radical (unpaired) electrons. The van der Waals surface area contributed by atoms with Crippen LogP contribution in [0.3, 0.4) is 0 Å². The standard InChI is InChI=1S/C11H23IN2OS/c1-11(2,3)10(15)16-8-9(6-13-4)7-14(5)12/h9,13H,6-8H2,1-5H3. The summed E-state index contributed by atoms with van der Waals surface area (Å²) in [5.74, 6) is 1.41. The molecule has 0 saturated carbocycles. The number of rotatable bonds is 6. The minimum atomic E-state index is -0.231. The van der Waals surface area contributed by atoms with Crippen LogP contribution in [0.15, 0.2) is 0 Å². The van der Waals surface area contributed by atoms with Gasteiger partial charge in [-0.3, -0.25) is 7.91 Å². The molecule has 0 aliphatic carbocycles. The molecule has 96 valence electrons. The lowest BCUT2D eigenvalue weighted by Gasteiger charge is -2.21. The van der Waals surface area contributed by atoms with Crippen molar-refractivity contribution in [3.63, 3.8) is 0 Å². The van der Waals surface area contributed by atoms with E-state index in [9.17, 15) is 4.79 Å². The van der Waals surface area contributed by atoms with Crippen LogP contribution in [-0.2, 0) is 4.79 Å². The summed E-state index contributed by atoms with van der Waals surface area (Å²) in [6.45, 7) is 7.88. The largest absolute Gasteiger partial charge is 0.319 e. The molecule has 0 fully saturated rings. The Morgan fingerprint density at radius 3 is 2.44 bits per heavy atom. The number of carbonyl (C=O) groups excluding carboxylic acids is 1. The van der Waals surface area contributed by atoms with Crippen molar-refractivity contribution >= 4 is 39.7 Å². The zero-order valence-corrected chi connectivity index (χ0v) is 13.8. The van der Waals surface area contributed by atoms with E-state index in [1.807, 2.05) is 27.8 Å². The maximum atomic E-state index is 11.8. The normalized spacial score (nSPS) is 14.2. The molecule has 5 heteroatoms. The molecule has 1 atom stereocenters. The number of halogens is 1. The molecule has 0 heterocycles. The van der Waals surface area contributed by atoms with Crippen molar-refractivity contribution in [3.05, 3.63) is 0 Å². The smallest absolute Gasteiger partial charge is 0.194 e. The van der Waals surface area contributed by atoms with Gasteiger partial charge in [0.25, 0.3) is 0 Å². The molecule has 0 aliphatic heterocycles. The van der Waals surface area contributed by atoms with Crippen molar-refractivity contribution in [2.75, 3.05) is 32.9 Å². The van der Waals surface area contributed by atoms with Gasteiger partial charge in [-0.1, -0.05) is 32.5 Å². The van der Waals surface area contributed by atoms with E-state index in [-0.39, 0.29) is 10.5 Å². The summed E-state index contributed by atoms with van der Waals surface area (Å²) < 4.78 is 2.14. The molecule has 0 amide bonds. The molecule has 0 rings (SSSR count). The zero-order chi connectivity index (χ0) is 12.8. The number of hydrogen-bond donors (Lipinski definition) is 1. The van der Waals surface area contributed by atoms with Gasteiger partial charge in [-0.25, -0.2) is 0 Å². The SMILES string of the molecule is CNCC(CSC(=O)C(C)(C)C)CN(C)I. The summed E-state index contributed by atoms with van der Waals surface area (Å²) in [7, 11) is 4.01. The highest BCUT2D eigenvalue weighted by Crippen LogP contribution is 2.24. The first kappa shape index (κ1) is 16.7. The van der Waals surface area contributed by atoms with Crippen LogP contribution in [0, 0.1) is 11.3 Å². The summed E-state index contributed by atoms with van der Waals surface area (Å²) in [5, 5.41) is 3.46. The van der Waals surface area contributed by atoms with Crippen LogP contribution < -0.4 is 5.32 Å². The number of hydrogen-bond acceptors (Lipinski definition) is 4. The molecule has 0 aromatic carbocycles. The molecule has 0 aromatic rings. The molecule has 0 spiro atoms. The molecular formula is C11H23IN2OS. The van der Waals surface area contributed by atoms with Gasteiger partial charge in [-0.15, -0.1) is 0 Å². The number of carbonyl (C=O) groups is 1. The average molecular weight is 358 g/mol. The first-order valence-corrected chi connectivity index (χ1v) is 7.41. The number of nitrogens with zero attached hydrogens (tertiary/aromatic N) is 1. The van der Waals surface area contributed by atoms with Gasteiger partial charge < -0.3 is 5.32 Å². The minimum Gasteiger partial charge on any atom is -0.319 e. The van der Waals surface area contributed by atoms with E-state index in [4.69, 9.17) is 0 Å². The van der Waals surface area contributed by atoms with Crippen molar-refractivity contribution in [3.8, 4) is 0 Å². The van der Waals surface area contributed by atoms with E-state index in [1.54, 1.807) is 0 Å². The van der Waals surface area contributed by atoms with Crippen LogP contribution in [0.25, 0.3) is 0 Å². The Bertz CT molecular complexity index is 217. The quantitative estimate of drug-likeness (QED) is 0.584. The van der Waals surface area contributed by atoms with Gasteiger partial charge in [-0.2, -0.15) is 0 Å².